The Balaban J connectivity index is 2.50. The minimum Gasteiger partial charge on any atom is -0.301 e. The van der Waals surface area contributed by atoms with E-state index in [9.17, 15) is 4.79 Å². The number of aromatic nitrogens is 1. The van der Waals surface area contributed by atoms with Crippen LogP contribution in [0.5, 0.6) is 0 Å². The van der Waals surface area contributed by atoms with Crippen LogP contribution in [0.4, 0.5) is 5.13 Å². The lowest BCUT2D eigenvalue weighted by Crippen LogP contribution is -2.15. The summed E-state index contributed by atoms with van der Waals surface area (Å²) < 4.78 is 0. The number of amides is 1. The van der Waals surface area contributed by atoms with Crippen LogP contribution in [0.25, 0.3) is 0 Å². The fourth-order valence-electron chi connectivity index (χ4n) is 1.02. The van der Waals surface area contributed by atoms with Gasteiger partial charge >= 0.3 is 0 Å². The number of nitrogens with zero attached hydrogens (tertiary/aromatic N) is 2. The molecule has 0 aromatic carbocycles. The standard InChI is InChI=1S/C11H15N3OS2/c1-11(2,3)8-6-17-10(13-8)14-9(15)7-16-5-4-12/h6H,5,7H2,1-3H3,(H,13,14,15). The van der Waals surface area contributed by atoms with Gasteiger partial charge in [-0.25, -0.2) is 4.98 Å². The first kappa shape index (κ1) is 14.0. The number of carbonyl (C=O) groups excluding carboxylic acids is 1. The molecule has 0 bridgehead atoms. The molecule has 0 spiro atoms. The van der Waals surface area contributed by atoms with E-state index in [2.05, 4.69) is 31.1 Å². The summed E-state index contributed by atoms with van der Waals surface area (Å²) in [6.45, 7) is 6.24. The number of rotatable bonds is 4. The van der Waals surface area contributed by atoms with E-state index in [1.54, 1.807) is 0 Å². The van der Waals surface area contributed by atoms with E-state index < -0.39 is 0 Å². The second-order valence-electron chi connectivity index (χ2n) is 4.49. The summed E-state index contributed by atoms with van der Waals surface area (Å²) in [7, 11) is 0. The summed E-state index contributed by atoms with van der Waals surface area (Å²) in [5.41, 5.74) is 0.970. The van der Waals surface area contributed by atoms with E-state index in [0.717, 1.165) is 5.69 Å². The van der Waals surface area contributed by atoms with E-state index in [1.165, 1.54) is 23.1 Å². The first-order chi connectivity index (χ1) is 7.93. The Morgan fingerprint density at radius 2 is 2.35 bits per heavy atom. The molecule has 1 amide bonds. The SMILES string of the molecule is CC(C)(C)c1csc(NC(=O)CSCC#N)n1. The van der Waals surface area contributed by atoms with Crippen LogP contribution in [-0.2, 0) is 10.2 Å². The van der Waals surface area contributed by atoms with Gasteiger partial charge in [-0.3, -0.25) is 4.79 Å². The minimum atomic E-state index is -0.111. The van der Waals surface area contributed by atoms with Crippen LogP contribution in [0.3, 0.4) is 0 Å². The number of hydrogen-bond donors (Lipinski definition) is 1. The molecular formula is C11H15N3OS2. The van der Waals surface area contributed by atoms with Crippen molar-refractivity contribution in [2.75, 3.05) is 16.8 Å². The molecule has 0 saturated heterocycles. The molecule has 0 aliphatic carbocycles. The minimum absolute atomic E-state index is 0.00492. The van der Waals surface area contributed by atoms with Crippen molar-refractivity contribution in [3.05, 3.63) is 11.1 Å². The Morgan fingerprint density at radius 1 is 1.65 bits per heavy atom. The van der Waals surface area contributed by atoms with Crippen molar-refractivity contribution < 1.29 is 4.79 Å². The summed E-state index contributed by atoms with van der Waals surface area (Å²) >= 11 is 2.72. The number of nitriles is 1. The third kappa shape index (κ3) is 4.75. The van der Waals surface area contributed by atoms with E-state index in [4.69, 9.17) is 5.26 Å². The van der Waals surface area contributed by atoms with Gasteiger partial charge in [0.1, 0.15) is 0 Å². The molecular weight excluding hydrogens is 254 g/mol. The average molecular weight is 269 g/mol. The third-order valence-corrected chi connectivity index (χ3v) is 3.48. The number of carbonyl (C=O) groups is 1. The van der Waals surface area contributed by atoms with Crippen LogP contribution in [-0.4, -0.2) is 22.4 Å². The molecule has 0 aliphatic heterocycles. The molecule has 17 heavy (non-hydrogen) atoms. The quantitative estimate of drug-likeness (QED) is 0.853. The molecule has 1 aromatic rings. The van der Waals surface area contributed by atoms with Crippen LogP contribution in [0.1, 0.15) is 26.5 Å². The van der Waals surface area contributed by atoms with Crippen molar-refractivity contribution in [1.82, 2.24) is 4.98 Å². The smallest absolute Gasteiger partial charge is 0.236 e. The van der Waals surface area contributed by atoms with Gasteiger partial charge in [-0.2, -0.15) is 5.26 Å². The molecule has 1 aromatic heterocycles. The van der Waals surface area contributed by atoms with Crippen LogP contribution in [0, 0.1) is 11.3 Å². The van der Waals surface area contributed by atoms with Gasteiger partial charge in [-0.05, 0) is 0 Å². The summed E-state index contributed by atoms with van der Waals surface area (Å²) in [5, 5.41) is 13.7. The van der Waals surface area contributed by atoms with Gasteiger partial charge in [0.15, 0.2) is 5.13 Å². The van der Waals surface area contributed by atoms with Crippen molar-refractivity contribution in [3.8, 4) is 6.07 Å². The predicted octanol–water partition coefficient (Wildman–Crippen LogP) is 2.64. The zero-order valence-corrected chi connectivity index (χ0v) is 11.7. The second kappa shape index (κ2) is 6.03. The summed E-state index contributed by atoms with van der Waals surface area (Å²) in [6, 6.07) is 1.98. The fourth-order valence-corrected chi connectivity index (χ4v) is 2.42. The normalized spacial score (nSPS) is 10.9. The molecule has 0 radical (unpaired) electrons. The number of thioether (sulfide) groups is 1. The molecule has 0 atom stereocenters. The lowest BCUT2D eigenvalue weighted by atomic mass is 9.93. The molecule has 0 fully saturated rings. The lowest BCUT2D eigenvalue weighted by molar-refractivity contribution is -0.113. The second-order valence-corrected chi connectivity index (χ2v) is 6.33. The number of thiazole rings is 1. The predicted molar refractivity (Wildman–Crippen MR) is 72.4 cm³/mol. The molecule has 4 nitrogen and oxygen atoms in total. The van der Waals surface area contributed by atoms with Crippen LogP contribution < -0.4 is 5.32 Å². The summed E-state index contributed by atoms with van der Waals surface area (Å²) in [6.07, 6.45) is 0. The molecule has 1 N–H and O–H groups in total. The molecule has 0 unspecified atom stereocenters. The van der Waals surface area contributed by atoms with Crippen LogP contribution >= 0.6 is 23.1 Å². The maximum atomic E-state index is 11.5. The third-order valence-electron chi connectivity index (χ3n) is 1.92. The Morgan fingerprint density at radius 3 is 2.88 bits per heavy atom. The molecule has 1 heterocycles. The van der Waals surface area contributed by atoms with E-state index in [0.29, 0.717) is 10.9 Å². The van der Waals surface area contributed by atoms with Gasteiger partial charge in [-0.15, -0.1) is 23.1 Å². The first-order valence-electron chi connectivity index (χ1n) is 5.14. The Hall–Kier alpha value is -1.06. The van der Waals surface area contributed by atoms with Crippen molar-refractivity contribution >= 4 is 34.1 Å². The molecule has 0 saturated carbocycles. The average Bonchev–Trinajstić information content (AvgIpc) is 2.66. The van der Waals surface area contributed by atoms with Gasteiger partial charge in [0.25, 0.3) is 0 Å². The highest BCUT2D eigenvalue weighted by Crippen LogP contribution is 2.26. The van der Waals surface area contributed by atoms with Gasteiger partial charge < -0.3 is 5.32 Å². The zero-order chi connectivity index (χ0) is 12.9. The Kier molecular flexibility index (Phi) is 4.97. The van der Waals surface area contributed by atoms with Crippen molar-refractivity contribution in [2.45, 2.75) is 26.2 Å². The number of hydrogen-bond acceptors (Lipinski definition) is 5. The van der Waals surface area contributed by atoms with Crippen molar-refractivity contribution in [2.24, 2.45) is 0 Å². The highest BCUT2D eigenvalue weighted by Gasteiger charge is 2.17. The Labute approximate surface area is 109 Å². The van der Waals surface area contributed by atoms with Gasteiger partial charge in [0.2, 0.25) is 5.91 Å². The topological polar surface area (TPSA) is 65.8 Å². The maximum Gasteiger partial charge on any atom is 0.236 e. The largest absolute Gasteiger partial charge is 0.301 e. The van der Waals surface area contributed by atoms with Gasteiger partial charge in [0.05, 0.1) is 23.3 Å². The monoisotopic (exact) mass is 269 g/mol. The zero-order valence-electron chi connectivity index (χ0n) is 10.1. The fraction of sp³-hybridized carbons (Fsp3) is 0.545. The maximum absolute atomic E-state index is 11.5. The van der Waals surface area contributed by atoms with E-state index in [1.807, 2.05) is 11.4 Å². The highest BCUT2D eigenvalue weighted by molar-refractivity contribution is 8.00. The van der Waals surface area contributed by atoms with Crippen LogP contribution in [0.2, 0.25) is 0 Å². The van der Waals surface area contributed by atoms with E-state index in [-0.39, 0.29) is 17.1 Å². The molecule has 1 rings (SSSR count). The molecule has 6 heteroatoms. The summed E-state index contributed by atoms with van der Waals surface area (Å²) in [4.78, 5) is 15.8. The first-order valence-corrected chi connectivity index (χ1v) is 7.17. The highest BCUT2D eigenvalue weighted by atomic mass is 32.2. The van der Waals surface area contributed by atoms with Crippen molar-refractivity contribution in [3.63, 3.8) is 0 Å². The van der Waals surface area contributed by atoms with E-state index >= 15 is 0 Å². The number of anilines is 1. The Bertz CT molecular complexity index is 429. The molecule has 92 valence electrons. The van der Waals surface area contributed by atoms with Gasteiger partial charge in [-0.1, -0.05) is 20.8 Å². The number of nitrogens with one attached hydrogen (secondary N) is 1. The van der Waals surface area contributed by atoms with Crippen LogP contribution in [0.15, 0.2) is 5.38 Å². The van der Waals surface area contributed by atoms with Gasteiger partial charge in [0, 0.05) is 10.8 Å². The molecule has 0 aliphatic rings. The lowest BCUT2D eigenvalue weighted by Gasteiger charge is -2.14. The summed E-state index contributed by atoms with van der Waals surface area (Å²) in [5.74, 6) is 0.510. The van der Waals surface area contributed by atoms with Crippen molar-refractivity contribution in [1.29, 1.82) is 5.26 Å².